The second-order valence-electron chi connectivity index (χ2n) is 11.3. The topological polar surface area (TPSA) is 0 Å². The molecule has 0 saturated carbocycles. The molecule has 0 aliphatic carbocycles. The van der Waals surface area contributed by atoms with Gasteiger partial charge in [0.2, 0.25) is 0 Å². The maximum absolute atomic E-state index is 8.74. The molecule has 0 aliphatic heterocycles. The van der Waals surface area contributed by atoms with Gasteiger partial charge < -0.3 is 0 Å². The van der Waals surface area contributed by atoms with Crippen LogP contribution >= 0.6 is 15.9 Å². The van der Waals surface area contributed by atoms with Crippen LogP contribution in [0, 0.1) is 0 Å². The molecule has 0 bridgehead atoms. The molecule has 0 atom stereocenters. The van der Waals surface area contributed by atoms with Crippen LogP contribution in [0.2, 0.25) is 0 Å². The summed E-state index contributed by atoms with van der Waals surface area (Å²) in [4.78, 5) is 0. The number of fused-ring (bicyclic) bond motifs is 6. The monoisotopic (exact) mass is 703 g/mol. The summed E-state index contributed by atoms with van der Waals surface area (Å²) < 4.78 is 143. The summed E-state index contributed by atoms with van der Waals surface area (Å²) in [6, 6.07) is 19.9. The smallest absolute Gasteiger partial charge is 0.0616 e. The zero-order valence-corrected chi connectivity index (χ0v) is 27.0. The van der Waals surface area contributed by atoms with Crippen molar-refractivity contribution in [3.8, 4) is 22.3 Å². The van der Waals surface area contributed by atoms with Gasteiger partial charge in [-0.15, -0.1) is 0 Å². The van der Waals surface area contributed by atoms with Crippen molar-refractivity contribution < 1.29 is 23.3 Å². The number of hydrogen-bond donors (Lipinski definition) is 0. The Morgan fingerprint density at radius 2 is 0.714 bits per heavy atom. The fourth-order valence-corrected chi connectivity index (χ4v) is 6.88. The van der Waals surface area contributed by atoms with Crippen LogP contribution in [0.4, 0.5) is 0 Å². The summed E-state index contributed by atoms with van der Waals surface area (Å²) >= 11 is 3.42. The molecule has 10 rings (SSSR count). The lowest BCUT2D eigenvalue weighted by Gasteiger charge is -2.15. The molecular weight excluding hydrogens is 656 g/mol. The van der Waals surface area contributed by atoms with Gasteiger partial charge in [0.1, 0.15) is 0 Å². The van der Waals surface area contributed by atoms with Crippen molar-refractivity contribution in [1.82, 2.24) is 0 Å². The molecule has 0 aromatic heterocycles. The molecule has 0 fully saturated rings. The minimum absolute atomic E-state index is 0.0679. The maximum Gasteiger partial charge on any atom is 0.0636 e. The van der Waals surface area contributed by atoms with Gasteiger partial charge in [-0.3, -0.25) is 0 Å². The van der Waals surface area contributed by atoms with Crippen molar-refractivity contribution in [3.05, 3.63) is 192 Å². The summed E-state index contributed by atoms with van der Waals surface area (Å²) in [6.45, 7) is 0. The molecule has 49 heavy (non-hydrogen) atoms. The Hall–Kier alpha value is -5.76. The van der Waals surface area contributed by atoms with E-state index in [0.29, 0.717) is 16.7 Å². The van der Waals surface area contributed by atoms with Crippen LogP contribution in [-0.2, 0) is 0 Å². The van der Waals surface area contributed by atoms with Crippen molar-refractivity contribution in [2.45, 2.75) is 0 Å². The molecule has 10 aromatic rings. The molecule has 10 aromatic carbocycles. The maximum atomic E-state index is 8.74. The lowest BCUT2D eigenvalue weighted by Crippen LogP contribution is -1.87. The van der Waals surface area contributed by atoms with Crippen molar-refractivity contribution >= 4 is 80.6 Å². The Morgan fingerprint density at radius 3 is 1.18 bits per heavy atom. The molecule has 0 heterocycles. The third-order valence-corrected chi connectivity index (χ3v) is 9.31. The quantitative estimate of drug-likeness (QED) is 0.157. The Kier molecular flexibility index (Phi) is 4.18. The molecule has 230 valence electrons. The van der Waals surface area contributed by atoms with Gasteiger partial charge in [0.15, 0.2) is 0 Å². The fourth-order valence-electron chi connectivity index (χ4n) is 6.28. The van der Waals surface area contributed by atoms with E-state index >= 15 is 0 Å². The third kappa shape index (κ3) is 5.24. The Labute approximate surface area is 317 Å². The van der Waals surface area contributed by atoms with Crippen LogP contribution in [-0.4, -0.2) is 0 Å². The molecule has 0 radical (unpaired) electrons. The first-order valence-electron chi connectivity index (χ1n) is 23.8. The summed E-state index contributed by atoms with van der Waals surface area (Å²) in [6.07, 6.45) is 0. The van der Waals surface area contributed by atoms with E-state index in [-0.39, 0.29) is 95.4 Å². The molecule has 0 nitrogen and oxygen atoms in total. The molecule has 0 N–H and O–H groups in total. The molecule has 0 aliphatic rings. The van der Waals surface area contributed by atoms with Crippen LogP contribution in [0.3, 0.4) is 0 Å². The average Bonchev–Trinajstić information content (AvgIpc) is 3.32. The molecular formula is C48H31Br. The van der Waals surface area contributed by atoms with Gasteiger partial charge in [-0.1, -0.05) is 169 Å². The molecule has 0 spiro atoms. The third-order valence-electron chi connectivity index (χ3n) is 8.52. The number of benzene rings is 10. The second-order valence-corrected chi connectivity index (χ2v) is 12.1. The number of rotatable bonds is 2. The number of hydrogen-bond acceptors (Lipinski definition) is 0. The lowest BCUT2D eigenvalue weighted by atomic mass is 9.91. The van der Waals surface area contributed by atoms with Crippen molar-refractivity contribution in [1.29, 1.82) is 0 Å². The normalized spacial score (nSPS) is 16.2. The number of halogens is 1. The highest BCUT2D eigenvalue weighted by atomic mass is 79.9. The van der Waals surface area contributed by atoms with Gasteiger partial charge in [0.05, 0.1) is 23.3 Å². The SMILES string of the molecule is [2H]c1c([2H])c([2H])c2c(-c3ccc4ccccc4c3)c3c([2H])c([2H])c([2H])c([2H])c3c(Br)c2c1[2H].[2H]c1c([2H])c([2H])c2c(-c3ccc4ccccc4c3)c3c([2H])c([2H])c([2H])c([2H])c3c([2H])c2c1[2H]. The zero-order chi connectivity index (χ0) is 47.5. The van der Waals surface area contributed by atoms with Gasteiger partial charge in [0.25, 0.3) is 0 Å². The van der Waals surface area contributed by atoms with E-state index in [0.717, 1.165) is 21.5 Å². The highest BCUT2D eigenvalue weighted by molar-refractivity contribution is 9.10. The highest BCUT2D eigenvalue weighted by Gasteiger charge is 2.14. The minimum atomic E-state index is -0.495. The van der Waals surface area contributed by atoms with E-state index in [4.69, 9.17) is 23.3 Å². The van der Waals surface area contributed by atoms with E-state index < -0.39 is 60.4 Å². The van der Waals surface area contributed by atoms with E-state index in [1.807, 2.05) is 78.9 Å². The summed E-state index contributed by atoms with van der Waals surface area (Å²) in [7, 11) is 0. The van der Waals surface area contributed by atoms with E-state index in [2.05, 4.69) is 15.9 Å². The standard InChI is InChI=1S/C24H15Br.C24H16/c25-24-21-11-5-3-9-19(21)23(20-10-4-6-12-22(20)24)18-14-13-16-7-1-2-8-17(16)15-18;1-2-8-18-15-21(14-13-17(18)7-1)24-22-11-5-3-9-19(22)16-20-10-4-6-12-23(20)24/h1-15H;1-16H/i3D,4D,5D,6D,9D,10D,11D,12D;3D,4D,5D,6D,9D,10D,11D,12D,16D. The van der Waals surface area contributed by atoms with Gasteiger partial charge >= 0.3 is 0 Å². The molecule has 0 unspecified atom stereocenters. The van der Waals surface area contributed by atoms with Crippen molar-refractivity contribution in [3.63, 3.8) is 0 Å². The average molecular weight is 705 g/mol. The van der Waals surface area contributed by atoms with Gasteiger partial charge in [0, 0.05) is 4.47 Å². The Bertz CT molecular complexity index is 3400. The summed E-state index contributed by atoms with van der Waals surface area (Å²) in [5.41, 5.74) is 1.76. The predicted molar refractivity (Wildman–Crippen MR) is 216 cm³/mol. The second kappa shape index (κ2) is 12.4. The van der Waals surface area contributed by atoms with Crippen LogP contribution in [0.15, 0.2) is 192 Å². The van der Waals surface area contributed by atoms with Crippen molar-refractivity contribution in [2.75, 3.05) is 0 Å². The first-order chi connectivity index (χ1) is 31.3. The van der Waals surface area contributed by atoms with E-state index in [1.54, 1.807) is 6.07 Å². The first kappa shape index (κ1) is 16.6. The highest BCUT2D eigenvalue weighted by Crippen LogP contribution is 2.42. The van der Waals surface area contributed by atoms with Crippen LogP contribution in [0.1, 0.15) is 23.3 Å². The van der Waals surface area contributed by atoms with Crippen LogP contribution in [0.25, 0.3) is 86.9 Å². The predicted octanol–water partition coefficient (Wildman–Crippen LogP) is 14.4. The van der Waals surface area contributed by atoms with Gasteiger partial charge in [-0.25, -0.2) is 0 Å². The first-order valence-corrected chi connectivity index (χ1v) is 16.1. The van der Waals surface area contributed by atoms with Crippen LogP contribution < -0.4 is 0 Å². The fraction of sp³-hybridized carbons (Fsp3) is 0. The van der Waals surface area contributed by atoms with E-state index in [1.165, 1.54) is 0 Å². The largest absolute Gasteiger partial charge is 0.0636 e. The molecule has 0 saturated heterocycles. The van der Waals surface area contributed by atoms with Crippen LogP contribution in [0.5, 0.6) is 0 Å². The summed E-state index contributed by atoms with van der Waals surface area (Å²) in [5.74, 6) is 0. The van der Waals surface area contributed by atoms with E-state index in [9.17, 15) is 0 Å². The zero-order valence-electron chi connectivity index (χ0n) is 42.5. The van der Waals surface area contributed by atoms with Crippen molar-refractivity contribution in [2.24, 2.45) is 0 Å². The molecule has 1 heteroatoms. The minimum Gasteiger partial charge on any atom is -0.0616 e. The lowest BCUT2D eigenvalue weighted by molar-refractivity contribution is 1.69. The van der Waals surface area contributed by atoms with Gasteiger partial charge in [-0.05, 0) is 121 Å². The Balaban J connectivity index is 0.000000166. The Morgan fingerprint density at radius 1 is 0.347 bits per heavy atom. The molecule has 0 amide bonds. The summed E-state index contributed by atoms with van der Waals surface area (Å²) in [5, 5.41) is 4.49. The van der Waals surface area contributed by atoms with Gasteiger partial charge in [-0.2, -0.15) is 0 Å².